The van der Waals surface area contributed by atoms with Crippen molar-refractivity contribution < 1.29 is 28.3 Å². The molecule has 0 unspecified atom stereocenters. The van der Waals surface area contributed by atoms with Crippen molar-refractivity contribution in [1.29, 1.82) is 0 Å². The van der Waals surface area contributed by atoms with Crippen LogP contribution in [0.4, 0.5) is 10.1 Å². The maximum atomic E-state index is 15.7. The molecule has 2 aromatic rings. The number of aryl methyl sites for hydroxylation is 1. The Hall–Kier alpha value is -3.84. The Bertz CT molecular complexity index is 1400. The van der Waals surface area contributed by atoms with Crippen LogP contribution in [0.2, 0.25) is 0 Å². The smallest absolute Gasteiger partial charge is 0.270 e. The number of piperazine rings is 1. The first-order chi connectivity index (χ1) is 22.1. The first kappa shape index (κ1) is 33.5. The normalized spacial score (nSPS) is 19.0. The van der Waals surface area contributed by atoms with Crippen LogP contribution in [0.5, 0.6) is 0 Å². The number of ether oxygens (including phenoxy) is 1. The number of hydrogen-bond donors (Lipinski definition) is 3. The maximum absolute atomic E-state index is 15.7. The number of benzene rings is 1. The van der Waals surface area contributed by atoms with Gasteiger partial charge in [-0.2, -0.15) is 5.10 Å². The number of hydrogen-bond acceptors (Lipinski definition) is 7. The van der Waals surface area contributed by atoms with Crippen molar-refractivity contribution in [1.82, 2.24) is 30.2 Å². The number of carbonyl (C=O) groups excluding carboxylic acids is 4. The van der Waals surface area contributed by atoms with Gasteiger partial charge in [-0.25, -0.2) is 4.39 Å². The average molecular weight is 640 g/mol. The quantitative estimate of drug-likeness (QED) is 0.288. The second-order valence-corrected chi connectivity index (χ2v) is 12.9. The molecule has 250 valence electrons. The molecule has 0 radical (unpaired) electrons. The summed E-state index contributed by atoms with van der Waals surface area (Å²) >= 11 is 0. The van der Waals surface area contributed by atoms with Crippen LogP contribution in [0.25, 0.3) is 0 Å². The number of anilines is 1. The Morgan fingerprint density at radius 1 is 1.00 bits per heavy atom. The molecule has 2 heterocycles. The zero-order chi connectivity index (χ0) is 33.0. The lowest BCUT2D eigenvalue weighted by atomic mass is 9.88. The number of likely N-dealkylation sites (N-methyl/N-ethyl adjacent to an activating group) is 1. The van der Waals surface area contributed by atoms with E-state index in [0.29, 0.717) is 55.8 Å². The molecular formula is C33H46FN7O5. The molecule has 3 N–H and O–H groups in total. The second-order valence-electron chi connectivity index (χ2n) is 12.9. The average Bonchev–Trinajstić information content (AvgIpc) is 3.99. The van der Waals surface area contributed by atoms with Crippen LogP contribution in [0.15, 0.2) is 30.5 Å². The molecule has 2 saturated carbocycles. The molecule has 46 heavy (non-hydrogen) atoms. The first-order valence-electron chi connectivity index (χ1n) is 16.3. The summed E-state index contributed by atoms with van der Waals surface area (Å²) in [6.07, 6.45) is 5.57. The van der Waals surface area contributed by atoms with Gasteiger partial charge >= 0.3 is 0 Å². The summed E-state index contributed by atoms with van der Waals surface area (Å²) in [5, 5.41) is 12.7. The molecule has 3 aliphatic rings. The summed E-state index contributed by atoms with van der Waals surface area (Å²) in [4.78, 5) is 57.0. The molecule has 3 atom stereocenters. The van der Waals surface area contributed by atoms with Crippen LogP contribution in [0.3, 0.4) is 0 Å². The van der Waals surface area contributed by atoms with Crippen molar-refractivity contribution >= 4 is 29.3 Å². The zero-order valence-electron chi connectivity index (χ0n) is 27.1. The van der Waals surface area contributed by atoms with E-state index in [2.05, 4.69) is 25.9 Å². The minimum atomic E-state index is -0.931. The number of halogens is 1. The van der Waals surface area contributed by atoms with Crippen LogP contribution in [0, 0.1) is 23.6 Å². The predicted molar refractivity (Wildman–Crippen MR) is 169 cm³/mol. The second kappa shape index (κ2) is 14.7. The number of methoxy groups -OCH3 is 1. The molecule has 2 aliphatic carbocycles. The van der Waals surface area contributed by atoms with Crippen molar-refractivity contribution in [3.63, 3.8) is 0 Å². The third-order valence-electron chi connectivity index (χ3n) is 9.49. The lowest BCUT2D eigenvalue weighted by Crippen LogP contribution is -2.56. The van der Waals surface area contributed by atoms with Crippen LogP contribution in [-0.2, 0) is 25.7 Å². The number of amides is 4. The Morgan fingerprint density at radius 3 is 2.26 bits per heavy atom. The SMILES string of the molecule is CCn1nccc1C(=O)N[C@H](C(=O)Nc1ccc([C@H](C)[C@@H](NC(=O)COC)C(=O)N2CCN(C)CC2)cc1F)C(C1CC1)C1CC1. The van der Waals surface area contributed by atoms with E-state index < -0.39 is 35.6 Å². The van der Waals surface area contributed by atoms with Gasteiger partial charge in [-0.1, -0.05) is 13.0 Å². The van der Waals surface area contributed by atoms with E-state index in [4.69, 9.17) is 4.74 Å². The lowest BCUT2D eigenvalue weighted by molar-refractivity contribution is -0.139. The minimum Gasteiger partial charge on any atom is -0.375 e. The molecule has 3 fully saturated rings. The van der Waals surface area contributed by atoms with Gasteiger partial charge in [0.25, 0.3) is 5.91 Å². The highest BCUT2D eigenvalue weighted by atomic mass is 19.1. The first-order valence-corrected chi connectivity index (χ1v) is 16.3. The molecular weight excluding hydrogens is 593 g/mol. The van der Waals surface area contributed by atoms with Crippen molar-refractivity contribution in [3.8, 4) is 0 Å². The van der Waals surface area contributed by atoms with Crippen LogP contribution >= 0.6 is 0 Å². The van der Waals surface area contributed by atoms with Gasteiger partial charge in [-0.3, -0.25) is 23.9 Å². The topological polar surface area (TPSA) is 138 Å². The zero-order valence-corrected chi connectivity index (χ0v) is 27.1. The summed E-state index contributed by atoms with van der Waals surface area (Å²) in [6, 6.07) is 4.28. The van der Waals surface area contributed by atoms with Crippen LogP contribution in [0.1, 0.15) is 61.5 Å². The fourth-order valence-corrected chi connectivity index (χ4v) is 6.51. The van der Waals surface area contributed by atoms with Gasteiger partial charge in [-0.05, 0) is 81.2 Å². The molecule has 1 aromatic carbocycles. The summed E-state index contributed by atoms with van der Waals surface area (Å²) in [6.45, 7) is 6.44. The van der Waals surface area contributed by atoms with Gasteiger partial charge in [-0.15, -0.1) is 0 Å². The van der Waals surface area contributed by atoms with Crippen molar-refractivity contribution in [2.24, 2.45) is 17.8 Å². The van der Waals surface area contributed by atoms with Crippen LogP contribution < -0.4 is 16.0 Å². The molecule has 5 rings (SSSR count). The molecule has 1 aliphatic heterocycles. The molecule has 12 nitrogen and oxygen atoms in total. The van der Waals surface area contributed by atoms with Crippen LogP contribution in [-0.4, -0.2) is 102 Å². The Balaban J connectivity index is 1.33. The highest BCUT2D eigenvalue weighted by Gasteiger charge is 2.48. The summed E-state index contributed by atoms with van der Waals surface area (Å²) in [5.41, 5.74) is 0.843. The van der Waals surface area contributed by atoms with Gasteiger partial charge in [0.15, 0.2) is 0 Å². The fraction of sp³-hybridized carbons (Fsp3) is 0.606. The molecule has 0 bridgehead atoms. The van der Waals surface area contributed by atoms with Gasteiger partial charge in [0.2, 0.25) is 17.7 Å². The van der Waals surface area contributed by atoms with Crippen molar-refractivity contribution in [3.05, 3.63) is 47.5 Å². The fourth-order valence-electron chi connectivity index (χ4n) is 6.51. The van der Waals surface area contributed by atoms with Crippen molar-refractivity contribution in [2.75, 3.05) is 52.3 Å². The van der Waals surface area contributed by atoms with E-state index in [-0.39, 0.29) is 30.0 Å². The van der Waals surface area contributed by atoms with Gasteiger partial charge in [0.05, 0.1) is 5.69 Å². The lowest BCUT2D eigenvalue weighted by Gasteiger charge is -2.36. The Morgan fingerprint density at radius 2 is 1.67 bits per heavy atom. The largest absolute Gasteiger partial charge is 0.375 e. The Kier molecular flexibility index (Phi) is 10.7. The molecule has 1 saturated heterocycles. The molecule has 0 spiro atoms. The van der Waals surface area contributed by atoms with Gasteiger partial charge < -0.3 is 30.5 Å². The summed E-state index contributed by atoms with van der Waals surface area (Å²) < 4.78 is 22.2. The number of rotatable bonds is 14. The summed E-state index contributed by atoms with van der Waals surface area (Å²) in [5.74, 6) is -2.12. The van der Waals surface area contributed by atoms with E-state index in [0.717, 1.165) is 25.7 Å². The van der Waals surface area contributed by atoms with E-state index >= 15 is 4.39 Å². The highest BCUT2D eigenvalue weighted by molar-refractivity contribution is 6.01. The van der Waals surface area contributed by atoms with Gasteiger partial charge in [0.1, 0.15) is 30.2 Å². The molecule has 4 amide bonds. The van der Waals surface area contributed by atoms with E-state index in [9.17, 15) is 19.2 Å². The van der Waals surface area contributed by atoms with Crippen molar-refractivity contribution in [2.45, 2.75) is 64.1 Å². The highest BCUT2D eigenvalue weighted by Crippen LogP contribution is 2.51. The predicted octanol–water partition coefficient (Wildman–Crippen LogP) is 2.22. The van der Waals surface area contributed by atoms with E-state index in [1.807, 2.05) is 14.0 Å². The maximum Gasteiger partial charge on any atom is 0.270 e. The standard InChI is InChI=1S/C33H46FN7O5/c1-5-41-26(12-13-35-41)31(43)38-30(28(21-6-7-21)22-8-9-22)32(44)36-25-11-10-23(18-24(25)34)20(2)29(37-27(42)19-46-4)33(45)40-16-14-39(3)15-17-40/h10-13,18,20-22,28-30H,5-9,14-17,19H2,1-4H3,(H,36,44)(H,37,42)(H,38,43)/t20-,29+,30-/m0/s1. The summed E-state index contributed by atoms with van der Waals surface area (Å²) in [7, 11) is 3.39. The number of carbonyl (C=O) groups is 4. The molecule has 13 heteroatoms. The minimum absolute atomic E-state index is 0.0190. The monoisotopic (exact) mass is 639 g/mol. The van der Waals surface area contributed by atoms with E-state index in [1.165, 1.54) is 19.2 Å². The third kappa shape index (κ3) is 7.92. The number of nitrogens with one attached hydrogen (secondary N) is 3. The Labute approximate surface area is 269 Å². The third-order valence-corrected chi connectivity index (χ3v) is 9.49. The number of aromatic nitrogens is 2. The number of nitrogens with zero attached hydrogens (tertiary/aromatic N) is 4. The molecule has 1 aromatic heterocycles. The van der Waals surface area contributed by atoms with Gasteiger partial charge in [0, 0.05) is 51.9 Å². The van der Waals surface area contributed by atoms with E-state index in [1.54, 1.807) is 34.8 Å².